The van der Waals surface area contributed by atoms with Gasteiger partial charge in [-0.05, 0) is 61.6 Å². The van der Waals surface area contributed by atoms with Crippen molar-refractivity contribution in [2.24, 2.45) is 11.8 Å². The van der Waals surface area contributed by atoms with Gasteiger partial charge < -0.3 is 9.80 Å². The predicted octanol–water partition coefficient (Wildman–Crippen LogP) is 5.33. The molecule has 0 radical (unpaired) electrons. The molecule has 2 amide bonds. The van der Waals surface area contributed by atoms with Crippen LogP contribution >= 0.6 is 11.6 Å². The van der Waals surface area contributed by atoms with Gasteiger partial charge in [0.15, 0.2) is 0 Å². The van der Waals surface area contributed by atoms with E-state index >= 15 is 0 Å². The van der Waals surface area contributed by atoms with Gasteiger partial charge in [0.05, 0.1) is 0 Å². The third-order valence-corrected chi connectivity index (χ3v) is 7.83. The summed E-state index contributed by atoms with van der Waals surface area (Å²) in [6, 6.07) is 14.1. The zero-order valence-electron chi connectivity index (χ0n) is 19.3. The lowest BCUT2D eigenvalue weighted by Gasteiger charge is -2.41. The normalized spacial score (nSPS) is 21.3. The number of piperazine rings is 1. The minimum absolute atomic E-state index is 0.00641. The highest BCUT2D eigenvalue weighted by Gasteiger charge is 2.38. The van der Waals surface area contributed by atoms with Crippen molar-refractivity contribution in [2.75, 3.05) is 42.5 Å². The Labute approximate surface area is 201 Å². The molecule has 0 N–H and O–H groups in total. The SMILES string of the molecule is Cc1ccccc1N1CCN(C(=O)N2C[C@H](C(=O)C3CCCC3)Cc3cc(Cl)ccc32)CC1. The summed E-state index contributed by atoms with van der Waals surface area (Å²) >= 11 is 6.29. The summed E-state index contributed by atoms with van der Waals surface area (Å²) < 4.78 is 0. The molecule has 5 nitrogen and oxygen atoms in total. The number of urea groups is 1. The van der Waals surface area contributed by atoms with Crippen LogP contribution in [0.15, 0.2) is 42.5 Å². The second-order valence-corrected chi connectivity index (χ2v) is 10.1. The summed E-state index contributed by atoms with van der Waals surface area (Å²) in [4.78, 5) is 33.1. The van der Waals surface area contributed by atoms with Gasteiger partial charge in [-0.2, -0.15) is 0 Å². The van der Waals surface area contributed by atoms with Crippen molar-refractivity contribution in [3.8, 4) is 0 Å². The van der Waals surface area contributed by atoms with E-state index < -0.39 is 0 Å². The van der Waals surface area contributed by atoms with Crippen LogP contribution in [-0.4, -0.2) is 49.4 Å². The fourth-order valence-electron chi connectivity index (χ4n) is 5.77. The van der Waals surface area contributed by atoms with Crippen molar-refractivity contribution in [2.45, 2.75) is 39.0 Å². The van der Waals surface area contributed by atoms with Gasteiger partial charge in [0, 0.05) is 61.0 Å². The van der Waals surface area contributed by atoms with Gasteiger partial charge in [0.1, 0.15) is 5.78 Å². The van der Waals surface area contributed by atoms with Crippen molar-refractivity contribution >= 4 is 34.8 Å². The molecule has 0 aromatic heterocycles. The Hall–Kier alpha value is -2.53. The Bertz CT molecular complexity index is 1040. The molecule has 2 aromatic carbocycles. The van der Waals surface area contributed by atoms with E-state index in [1.165, 1.54) is 11.3 Å². The molecule has 0 unspecified atom stereocenters. The summed E-state index contributed by atoms with van der Waals surface area (Å²) in [7, 11) is 0. The number of halogens is 1. The van der Waals surface area contributed by atoms with Gasteiger partial charge in [-0.1, -0.05) is 42.6 Å². The molecule has 6 heteroatoms. The molecule has 0 spiro atoms. The number of rotatable bonds is 3. The van der Waals surface area contributed by atoms with Crippen LogP contribution < -0.4 is 9.80 Å². The minimum Gasteiger partial charge on any atom is -0.368 e. The lowest BCUT2D eigenvalue weighted by atomic mass is 9.83. The van der Waals surface area contributed by atoms with Crippen molar-refractivity contribution < 1.29 is 9.59 Å². The third kappa shape index (κ3) is 4.48. The van der Waals surface area contributed by atoms with E-state index in [-0.39, 0.29) is 17.9 Å². The number of aryl methyl sites for hydroxylation is 1. The quantitative estimate of drug-likeness (QED) is 0.615. The number of carbonyl (C=O) groups excluding carboxylic acids is 2. The summed E-state index contributed by atoms with van der Waals surface area (Å²) in [6.45, 7) is 5.57. The fraction of sp³-hybridized carbons (Fsp3) is 0.481. The van der Waals surface area contributed by atoms with Crippen LogP contribution in [0.4, 0.5) is 16.2 Å². The van der Waals surface area contributed by atoms with Crippen molar-refractivity contribution in [1.82, 2.24) is 4.90 Å². The highest BCUT2D eigenvalue weighted by molar-refractivity contribution is 6.30. The lowest BCUT2D eigenvalue weighted by Crippen LogP contribution is -2.55. The number of nitrogens with zero attached hydrogens (tertiary/aromatic N) is 3. The molecule has 1 atom stereocenters. The molecule has 2 heterocycles. The average molecular weight is 466 g/mol. The first-order valence-corrected chi connectivity index (χ1v) is 12.6. The van der Waals surface area contributed by atoms with Crippen molar-refractivity contribution in [3.63, 3.8) is 0 Å². The molecular weight excluding hydrogens is 434 g/mol. The van der Waals surface area contributed by atoms with E-state index in [2.05, 4.69) is 36.1 Å². The van der Waals surface area contributed by atoms with Crippen LogP contribution in [0, 0.1) is 18.8 Å². The topological polar surface area (TPSA) is 43.9 Å². The van der Waals surface area contributed by atoms with Crippen LogP contribution in [0.3, 0.4) is 0 Å². The maximum Gasteiger partial charge on any atom is 0.324 e. The monoisotopic (exact) mass is 465 g/mol. The molecule has 1 saturated carbocycles. The maximum absolute atomic E-state index is 13.7. The van der Waals surface area contributed by atoms with Gasteiger partial charge in [-0.25, -0.2) is 4.79 Å². The largest absolute Gasteiger partial charge is 0.368 e. The molecule has 3 aliphatic rings. The molecule has 2 aliphatic heterocycles. The van der Waals surface area contributed by atoms with Gasteiger partial charge in [-0.15, -0.1) is 0 Å². The molecule has 1 aliphatic carbocycles. The summed E-state index contributed by atoms with van der Waals surface area (Å²) in [5.41, 5.74) is 4.41. The highest BCUT2D eigenvalue weighted by Crippen LogP contribution is 2.36. The standard InChI is InChI=1S/C27H32ClN3O2/c1-19-6-2-5-9-24(19)29-12-14-30(15-13-29)27(33)31-18-22(26(32)20-7-3-4-8-20)16-21-17-23(28)10-11-25(21)31/h2,5-6,9-11,17,20,22H,3-4,7-8,12-16,18H2,1H3/t22-/m1/s1. The number of anilines is 2. The first kappa shape index (κ1) is 22.3. The van der Waals surface area contributed by atoms with E-state index in [4.69, 9.17) is 11.6 Å². The number of carbonyl (C=O) groups is 2. The number of hydrogen-bond acceptors (Lipinski definition) is 3. The first-order chi connectivity index (χ1) is 16.0. The lowest BCUT2D eigenvalue weighted by molar-refractivity contribution is -0.126. The molecule has 33 heavy (non-hydrogen) atoms. The molecular formula is C27H32ClN3O2. The smallest absolute Gasteiger partial charge is 0.324 e. The maximum atomic E-state index is 13.7. The van der Waals surface area contributed by atoms with Crippen LogP contribution in [-0.2, 0) is 11.2 Å². The predicted molar refractivity (Wildman–Crippen MR) is 133 cm³/mol. The van der Waals surface area contributed by atoms with Crippen molar-refractivity contribution in [1.29, 1.82) is 0 Å². The number of hydrogen-bond donors (Lipinski definition) is 0. The molecule has 174 valence electrons. The van der Waals surface area contributed by atoms with Crippen LogP contribution in [0.2, 0.25) is 5.02 Å². The Morgan fingerprint density at radius 3 is 2.36 bits per heavy atom. The third-order valence-electron chi connectivity index (χ3n) is 7.60. The van der Waals surface area contributed by atoms with E-state index in [1.807, 2.05) is 28.0 Å². The molecule has 5 rings (SSSR count). The number of benzene rings is 2. The second-order valence-electron chi connectivity index (χ2n) is 9.71. The zero-order chi connectivity index (χ0) is 22.9. The van der Waals surface area contributed by atoms with E-state index in [1.54, 1.807) is 0 Å². The number of para-hydroxylation sites is 1. The van der Waals surface area contributed by atoms with Crippen molar-refractivity contribution in [3.05, 3.63) is 58.6 Å². The Morgan fingerprint density at radius 2 is 1.64 bits per heavy atom. The number of fused-ring (bicyclic) bond motifs is 1. The summed E-state index contributed by atoms with van der Waals surface area (Å²) in [5.74, 6) is 0.349. The van der Waals surface area contributed by atoms with E-state index in [0.29, 0.717) is 36.9 Å². The Kier molecular flexibility index (Phi) is 6.33. The minimum atomic E-state index is -0.142. The first-order valence-electron chi connectivity index (χ1n) is 12.2. The van der Waals surface area contributed by atoms with Gasteiger partial charge in [-0.3, -0.25) is 9.69 Å². The molecule has 1 saturated heterocycles. The zero-order valence-corrected chi connectivity index (χ0v) is 20.1. The number of Topliss-reactive ketones (excluding diaryl/α,β-unsaturated/α-hetero) is 1. The van der Waals surface area contributed by atoms with Crippen LogP contribution in [0.1, 0.15) is 36.8 Å². The van der Waals surface area contributed by atoms with E-state index in [0.717, 1.165) is 50.0 Å². The van der Waals surface area contributed by atoms with Crippen LogP contribution in [0.5, 0.6) is 0 Å². The molecule has 2 aromatic rings. The van der Waals surface area contributed by atoms with Crippen LogP contribution in [0.25, 0.3) is 0 Å². The molecule has 0 bridgehead atoms. The summed E-state index contributed by atoms with van der Waals surface area (Å²) in [6.07, 6.45) is 4.94. The number of ketones is 1. The van der Waals surface area contributed by atoms with Gasteiger partial charge in [0.2, 0.25) is 0 Å². The highest BCUT2D eigenvalue weighted by atomic mass is 35.5. The Morgan fingerprint density at radius 1 is 0.909 bits per heavy atom. The number of amides is 2. The second kappa shape index (κ2) is 9.38. The summed E-state index contributed by atoms with van der Waals surface area (Å²) in [5, 5.41) is 0.655. The van der Waals surface area contributed by atoms with Gasteiger partial charge >= 0.3 is 6.03 Å². The van der Waals surface area contributed by atoms with Gasteiger partial charge in [0.25, 0.3) is 0 Å². The fourth-order valence-corrected chi connectivity index (χ4v) is 5.97. The Balaban J connectivity index is 1.33. The average Bonchev–Trinajstić information content (AvgIpc) is 3.38. The van der Waals surface area contributed by atoms with E-state index in [9.17, 15) is 9.59 Å². The molecule has 2 fully saturated rings.